The van der Waals surface area contributed by atoms with Crippen molar-refractivity contribution in [3.63, 3.8) is 0 Å². The lowest BCUT2D eigenvalue weighted by Crippen LogP contribution is -2.25. The van der Waals surface area contributed by atoms with Crippen molar-refractivity contribution in [3.8, 4) is 5.75 Å². The van der Waals surface area contributed by atoms with Crippen molar-refractivity contribution in [3.05, 3.63) is 64.6 Å². The number of pyridine rings is 1. The van der Waals surface area contributed by atoms with Crippen LogP contribution >= 0.6 is 11.6 Å². The summed E-state index contributed by atoms with van der Waals surface area (Å²) in [6.45, 7) is 2.35. The number of nitrogens with one attached hydrogen (secondary N) is 1. The normalized spacial score (nSPS) is 10.8. The molecule has 3 rings (SSSR count). The minimum absolute atomic E-state index is 0.187. The fourth-order valence-corrected chi connectivity index (χ4v) is 2.82. The summed E-state index contributed by atoms with van der Waals surface area (Å²) in [5, 5.41) is 3.50. The number of benzene rings is 1. The Morgan fingerprint density at radius 2 is 2.08 bits per heavy atom. The van der Waals surface area contributed by atoms with Crippen LogP contribution in [0.25, 0.3) is 5.65 Å². The molecule has 5 nitrogen and oxygen atoms in total. The zero-order valence-corrected chi connectivity index (χ0v) is 14.3. The molecule has 0 aliphatic rings. The Hall–Kier alpha value is -2.53. The topological polar surface area (TPSA) is 55.6 Å². The molecule has 0 aliphatic heterocycles. The van der Waals surface area contributed by atoms with E-state index in [-0.39, 0.29) is 5.91 Å². The molecule has 2 heterocycles. The van der Waals surface area contributed by atoms with Gasteiger partial charge in [-0.2, -0.15) is 0 Å². The molecule has 0 aliphatic carbocycles. The van der Waals surface area contributed by atoms with Gasteiger partial charge in [0.05, 0.1) is 17.8 Å². The summed E-state index contributed by atoms with van der Waals surface area (Å²) in [5.41, 5.74) is 2.89. The third-order valence-corrected chi connectivity index (χ3v) is 4.06. The first-order chi connectivity index (χ1) is 11.6. The molecule has 124 valence electrons. The molecule has 1 amide bonds. The molecule has 0 unspecified atom stereocenters. The average Bonchev–Trinajstić information content (AvgIpc) is 2.97. The van der Waals surface area contributed by atoms with Gasteiger partial charge in [0, 0.05) is 18.3 Å². The molecule has 24 heavy (non-hydrogen) atoms. The molecule has 1 aromatic carbocycles. The van der Waals surface area contributed by atoms with Crippen molar-refractivity contribution in [2.45, 2.75) is 19.9 Å². The Labute approximate surface area is 145 Å². The number of aromatic nitrogens is 2. The number of ether oxygens (including phenoxy) is 1. The van der Waals surface area contributed by atoms with Crippen LogP contribution in [0.4, 0.5) is 0 Å². The zero-order chi connectivity index (χ0) is 17.1. The van der Waals surface area contributed by atoms with Crippen LogP contribution in [0.2, 0.25) is 5.02 Å². The Kier molecular flexibility index (Phi) is 4.71. The van der Waals surface area contributed by atoms with Crippen molar-refractivity contribution in [1.82, 2.24) is 14.7 Å². The third-order valence-electron chi connectivity index (χ3n) is 3.84. The van der Waals surface area contributed by atoms with Gasteiger partial charge in [0.2, 0.25) is 0 Å². The van der Waals surface area contributed by atoms with E-state index in [9.17, 15) is 4.79 Å². The molecule has 6 heteroatoms. The number of hydrogen-bond donors (Lipinski definition) is 1. The smallest absolute Gasteiger partial charge is 0.270 e. The molecule has 3 aromatic rings. The first-order valence-electron chi connectivity index (χ1n) is 7.70. The monoisotopic (exact) mass is 343 g/mol. The number of nitrogens with zero attached hydrogens (tertiary/aromatic N) is 2. The van der Waals surface area contributed by atoms with Crippen LogP contribution in [-0.2, 0) is 13.0 Å². The summed E-state index contributed by atoms with van der Waals surface area (Å²) < 4.78 is 7.05. The molecule has 0 radical (unpaired) electrons. The predicted octanol–water partition coefficient (Wildman–Crippen LogP) is 3.49. The van der Waals surface area contributed by atoms with Crippen molar-refractivity contribution < 1.29 is 9.53 Å². The second kappa shape index (κ2) is 6.93. The van der Waals surface area contributed by atoms with Gasteiger partial charge in [0.25, 0.3) is 5.91 Å². The Morgan fingerprint density at radius 1 is 1.29 bits per heavy atom. The van der Waals surface area contributed by atoms with E-state index < -0.39 is 0 Å². The molecule has 0 atom stereocenters. The van der Waals surface area contributed by atoms with Crippen molar-refractivity contribution >= 4 is 23.2 Å². The van der Waals surface area contributed by atoms with Crippen LogP contribution in [0.3, 0.4) is 0 Å². The van der Waals surface area contributed by atoms with Crippen LogP contribution in [0.5, 0.6) is 5.75 Å². The lowest BCUT2D eigenvalue weighted by atomic mass is 10.2. The minimum Gasteiger partial charge on any atom is -0.496 e. The lowest BCUT2D eigenvalue weighted by Gasteiger charge is -2.10. The van der Waals surface area contributed by atoms with Gasteiger partial charge in [0.15, 0.2) is 0 Å². The quantitative estimate of drug-likeness (QED) is 0.771. The van der Waals surface area contributed by atoms with Gasteiger partial charge in [-0.15, -0.1) is 0 Å². The van der Waals surface area contributed by atoms with Crippen LogP contribution in [0.15, 0.2) is 42.6 Å². The van der Waals surface area contributed by atoms with E-state index in [1.807, 2.05) is 31.2 Å². The highest BCUT2D eigenvalue weighted by Crippen LogP contribution is 2.19. The highest BCUT2D eigenvalue weighted by Gasteiger charge is 2.18. The van der Waals surface area contributed by atoms with Gasteiger partial charge in [-0.25, -0.2) is 4.98 Å². The fourth-order valence-electron chi connectivity index (χ4n) is 2.66. The highest BCUT2D eigenvalue weighted by molar-refractivity contribution is 6.30. The molecule has 2 aromatic heterocycles. The maximum Gasteiger partial charge on any atom is 0.270 e. The van der Waals surface area contributed by atoms with Crippen LogP contribution in [0, 0.1) is 0 Å². The van der Waals surface area contributed by atoms with Gasteiger partial charge in [0.1, 0.15) is 17.1 Å². The maximum atomic E-state index is 12.7. The van der Waals surface area contributed by atoms with Gasteiger partial charge in [-0.3, -0.25) is 9.20 Å². The zero-order valence-electron chi connectivity index (χ0n) is 13.5. The number of amides is 1. The SMILES string of the molecule is CCc1nc2ccc(Cl)cn2c1C(=O)NCc1ccccc1OC. The third kappa shape index (κ3) is 3.08. The van der Waals surface area contributed by atoms with Crippen LogP contribution < -0.4 is 10.1 Å². The minimum atomic E-state index is -0.187. The summed E-state index contributed by atoms with van der Waals surface area (Å²) in [7, 11) is 1.61. The summed E-state index contributed by atoms with van der Waals surface area (Å²) in [6.07, 6.45) is 2.37. The summed E-state index contributed by atoms with van der Waals surface area (Å²) >= 11 is 6.06. The first kappa shape index (κ1) is 16.3. The molecule has 0 spiro atoms. The number of methoxy groups -OCH3 is 1. The second-order valence-corrected chi connectivity index (χ2v) is 5.77. The molecule has 0 saturated carbocycles. The summed E-state index contributed by atoms with van der Waals surface area (Å²) in [5.74, 6) is 0.558. The average molecular weight is 344 g/mol. The number of carbonyl (C=O) groups excluding carboxylic acids is 1. The molecule has 0 saturated heterocycles. The summed E-state index contributed by atoms with van der Waals surface area (Å²) in [6, 6.07) is 11.2. The van der Waals surface area contributed by atoms with Crippen molar-refractivity contribution in [2.75, 3.05) is 7.11 Å². The van der Waals surface area contributed by atoms with E-state index in [1.54, 1.807) is 29.8 Å². The summed E-state index contributed by atoms with van der Waals surface area (Å²) in [4.78, 5) is 17.2. The molecule has 1 N–H and O–H groups in total. The number of rotatable bonds is 5. The molecular formula is C18H18ClN3O2. The van der Waals surface area contributed by atoms with Crippen molar-refractivity contribution in [1.29, 1.82) is 0 Å². The standard InChI is InChI=1S/C18H18ClN3O2/c1-3-14-17(22-11-13(19)8-9-16(22)21-14)18(23)20-10-12-6-4-5-7-15(12)24-2/h4-9,11H,3,10H2,1-2H3,(H,20,23). The van der Waals surface area contributed by atoms with E-state index in [2.05, 4.69) is 10.3 Å². The number of imidazole rings is 1. The molecule has 0 fully saturated rings. The largest absolute Gasteiger partial charge is 0.496 e. The highest BCUT2D eigenvalue weighted by atomic mass is 35.5. The van der Waals surface area contributed by atoms with E-state index >= 15 is 0 Å². The van der Waals surface area contributed by atoms with Gasteiger partial charge < -0.3 is 10.1 Å². The van der Waals surface area contributed by atoms with Gasteiger partial charge in [-0.05, 0) is 24.6 Å². The number of para-hydroxylation sites is 1. The maximum absolute atomic E-state index is 12.7. The van der Waals surface area contributed by atoms with Gasteiger partial charge in [-0.1, -0.05) is 36.7 Å². The Balaban J connectivity index is 1.90. The van der Waals surface area contributed by atoms with Crippen LogP contribution in [-0.4, -0.2) is 22.4 Å². The van der Waals surface area contributed by atoms with E-state index in [1.165, 1.54) is 0 Å². The Morgan fingerprint density at radius 3 is 2.83 bits per heavy atom. The van der Waals surface area contributed by atoms with E-state index in [0.717, 1.165) is 17.0 Å². The van der Waals surface area contributed by atoms with E-state index in [4.69, 9.17) is 16.3 Å². The number of carbonyl (C=O) groups is 1. The number of aryl methyl sites for hydroxylation is 1. The fraction of sp³-hybridized carbons (Fsp3) is 0.222. The lowest BCUT2D eigenvalue weighted by molar-refractivity contribution is 0.0944. The van der Waals surface area contributed by atoms with E-state index in [0.29, 0.717) is 29.3 Å². The number of fused-ring (bicyclic) bond motifs is 1. The number of hydrogen-bond acceptors (Lipinski definition) is 3. The Bertz CT molecular complexity index is 889. The second-order valence-electron chi connectivity index (χ2n) is 5.33. The van der Waals surface area contributed by atoms with Crippen molar-refractivity contribution in [2.24, 2.45) is 0 Å². The first-order valence-corrected chi connectivity index (χ1v) is 8.08. The van der Waals surface area contributed by atoms with Gasteiger partial charge >= 0.3 is 0 Å². The number of halogens is 1. The predicted molar refractivity (Wildman–Crippen MR) is 93.7 cm³/mol. The molecule has 0 bridgehead atoms. The molecular weight excluding hydrogens is 326 g/mol. The van der Waals surface area contributed by atoms with Crippen LogP contribution in [0.1, 0.15) is 28.7 Å².